The summed E-state index contributed by atoms with van der Waals surface area (Å²) >= 11 is 9.46. The molecule has 4 nitrogen and oxygen atoms in total. The van der Waals surface area contributed by atoms with Crippen LogP contribution in [0.3, 0.4) is 0 Å². The van der Waals surface area contributed by atoms with Crippen LogP contribution in [-0.2, 0) is 0 Å². The Labute approximate surface area is 152 Å². The van der Waals surface area contributed by atoms with Crippen LogP contribution in [0.2, 0.25) is 5.02 Å². The van der Waals surface area contributed by atoms with Gasteiger partial charge >= 0.3 is 0 Å². The van der Waals surface area contributed by atoms with Crippen molar-refractivity contribution in [3.05, 3.63) is 81.5 Å². The van der Waals surface area contributed by atoms with E-state index in [0.29, 0.717) is 22.1 Å². The van der Waals surface area contributed by atoms with Gasteiger partial charge in [-0.1, -0.05) is 45.7 Å². The number of furan rings is 1. The Morgan fingerprint density at radius 1 is 1.12 bits per heavy atom. The van der Waals surface area contributed by atoms with Crippen molar-refractivity contribution in [2.45, 2.75) is 0 Å². The van der Waals surface area contributed by atoms with Crippen LogP contribution >= 0.6 is 27.5 Å². The maximum Gasteiger partial charge on any atom is 0.271 e. The van der Waals surface area contributed by atoms with E-state index in [0.717, 1.165) is 10.0 Å². The lowest BCUT2D eigenvalue weighted by Crippen LogP contribution is -2.17. The summed E-state index contributed by atoms with van der Waals surface area (Å²) in [5.74, 6) is 0.852. The molecule has 0 saturated heterocycles. The fraction of sp³-hybridized carbons (Fsp3) is 0. The third kappa shape index (κ3) is 3.93. The van der Waals surface area contributed by atoms with Gasteiger partial charge in [0.15, 0.2) is 0 Å². The molecule has 0 unspecified atom stereocenters. The van der Waals surface area contributed by atoms with E-state index in [1.54, 1.807) is 36.4 Å². The lowest BCUT2D eigenvalue weighted by molar-refractivity contribution is 0.0955. The molecule has 0 atom stereocenters. The number of amides is 1. The molecule has 0 fully saturated rings. The van der Waals surface area contributed by atoms with Crippen LogP contribution in [0.1, 0.15) is 16.1 Å². The Balaban J connectivity index is 1.68. The molecule has 6 heteroatoms. The van der Waals surface area contributed by atoms with Crippen LogP contribution in [-0.4, -0.2) is 12.1 Å². The monoisotopic (exact) mass is 402 g/mol. The van der Waals surface area contributed by atoms with Gasteiger partial charge in [0.1, 0.15) is 11.5 Å². The normalized spacial score (nSPS) is 10.9. The first-order valence-corrected chi connectivity index (χ1v) is 8.24. The highest BCUT2D eigenvalue weighted by molar-refractivity contribution is 9.10. The standard InChI is InChI=1S/C18H12BrClN2O2/c19-13-5-3-4-12(10-13)18(23)22-21-11-14-8-9-17(24-14)15-6-1-2-7-16(15)20/h1-11H,(H,22,23). The van der Waals surface area contributed by atoms with Crippen molar-refractivity contribution < 1.29 is 9.21 Å². The van der Waals surface area contributed by atoms with Crippen LogP contribution in [0.5, 0.6) is 0 Å². The minimum Gasteiger partial charge on any atom is -0.455 e. The molecular formula is C18H12BrClN2O2. The van der Waals surface area contributed by atoms with Crippen molar-refractivity contribution in [2.75, 3.05) is 0 Å². The highest BCUT2D eigenvalue weighted by Gasteiger charge is 2.07. The molecule has 0 aliphatic carbocycles. The highest BCUT2D eigenvalue weighted by atomic mass is 79.9. The van der Waals surface area contributed by atoms with E-state index in [4.69, 9.17) is 16.0 Å². The van der Waals surface area contributed by atoms with Crippen molar-refractivity contribution in [3.8, 4) is 11.3 Å². The number of hydrogen-bond acceptors (Lipinski definition) is 3. The molecule has 3 rings (SSSR count). The molecule has 1 N–H and O–H groups in total. The number of nitrogens with zero attached hydrogens (tertiary/aromatic N) is 1. The predicted molar refractivity (Wildman–Crippen MR) is 98.4 cm³/mol. The Bertz CT molecular complexity index is 905. The first-order chi connectivity index (χ1) is 11.6. The minimum atomic E-state index is -0.301. The summed E-state index contributed by atoms with van der Waals surface area (Å²) < 4.78 is 6.49. The molecule has 24 heavy (non-hydrogen) atoms. The van der Waals surface area contributed by atoms with E-state index in [9.17, 15) is 4.79 Å². The van der Waals surface area contributed by atoms with Gasteiger partial charge in [-0.15, -0.1) is 0 Å². The Kier molecular flexibility index (Phi) is 5.13. The van der Waals surface area contributed by atoms with Crippen molar-refractivity contribution >= 4 is 39.7 Å². The van der Waals surface area contributed by atoms with E-state index in [1.807, 2.05) is 24.3 Å². The summed E-state index contributed by atoms with van der Waals surface area (Å²) in [6.45, 7) is 0. The molecule has 1 amide bonds. The number of rotatable bonds is 4. The average Bonchev–Trinajstić information content (AvgIpc) is 3.04. The smallest absolute Gasteiger partial charge is 0.271 e. The molecule has 0 aliphatic rings. The third-order valence-electron chi connectivity index (χ3n) is 3.21. The molecular weight excluding hydrogens is 392 g/mol. The van der Waals surface area contributed by atoms with Crippen LogP contribution in [0.25, 0.3) is 11.3 Å². The summed E-state index contributed by atoms with van der Waals surface area (Å²) in [5, 5.41) is 4.52. The van der Waals surface area contributed by atoms with Gasteiger partial charge in [0, 0.05) is 15.6 Å². The topological polar surface area (TPSA) is 54.6 Å². The third-order valence-corrected chi connectivity index (χ3v) is 4.03. The molecule has 1 aromatic heterocycles. The van der Waals surface area contributed by atoms with E-state index >= 15 is 0 Å². The quantitative estimate of drug-likeness (QED) is 0.485. The maximum absolute atomic E-state index is 12.0. The zero-order chi connectivity index (χ0) is 16.9. The van der Waals surface area contributed by atoms with Gasteiger partial charge in [-0.2, -0.15) is 5.10 Å². The summed E-state index contributed by atoms with van der Waals surface area (Å²) in [6.07, 6.45) is 1.44. The number of nitrogens with one attached hydrogen (secondary N) is 1. The van der Waals surface area contributed by atoms with Gasteiger partial charge in [0.05, 0.1) is 11.2 Å². The van der Waals surface area contributed by atoms with Gasteiger partial charge in [0.2, 0.25) is 0 Å². The fourth-order valence-electron chi connectivity index (χ4n) is 2.08. The summed E-state index contributed by atoms with van der Waals surface area (Å²) in [7, 11) is 0. The van der Waals surface area contributed by atoms with Crippen molar-refractivity contribution in [2.24, 2.45) is 5.10 Å². The molecule has 3 aromatic rings. The largest absolute Gasteiger partial charge is 0.455 e. The molecule has 0 aliphatic heterocycles. The molecule has 0 saturated carbocycles. The molecule has 1 heterocycles. The second-order valence-electron chi connectivity index (χ2n) is 4.89. The summed E-state index contributed by atoms with van der Waals surface area (Å²) in [5.41, 5.74) is 3.77. The second kappa shape index (κ2) is 7.47. The van der Waals surface area contributed by atoms with E-state index in [-0.39, 0.29) is 5.91 Å². The van der Waals surface area contributed by atoms with Gasteiger partial charge in [-0.3, -0.25) is 4.79 Å². The summed E-state index contributed by atoms with van der Waals surface area (Å²) in [6, 6.07) is 18.0. The second-order valence-corrected chi connectivity index (χ2v) is 6.21. The minimum absolute atomic E-state index is 0.301. The number of hydrogen-bond donors (Lipinski definition) is 1. The molecule has 0 radical (unpaired) electrons. The number of halogens is 2. The lowest BCUT2D eigenvalue weighted by atomic mass is 10.2. The molecule has 0 spiro atoms. The number of carbonyl (C=O) groups excluding carboxylic acids is 1. The van der Waals surface area contributed by atoms with Crippen LogP contribution in [0, 0.1) is 0 Å². The van der Waals surface area contributed by atoms with Crippen LogP contribution in [0.4, 0.5) is 0 Å². The number of hydrazone groups is 1. The Hall–Kier alpha value is -2.37. The van der Waals surface area contributed by atoms with Gasteiger partial charge in [-0.25, -0.2) is 5.43 Å². The van der Waals surface area contributed by atoms with Crippen molar-refractivity contribution in [3.63, 3.8) is 0 Å². The first kappa shape index (κ1) is 16.5. The maximum atomic E-state index is 12.0. The fourth-order valence-corrected chi connectivity index (χ4v) is 2.70. The van der Waals surface area contributed by atoms with Gasteiger partial charge in [-0.05, 0) is 42.5 Å². The van der Waals surface area contributed by atoms with E-state index in [2.05, 4.69) is 26.5 Å². The predicted octanol–water partition coefficient (Wildman–Crippen LogP) is 5.13. The number of benzene rings is 2. The summed E-state index contributed by atoms with van der Waals surface area (Å²) in [4.78, 5) is 12.0. The molecule has 120 valence electrons. The van der Waals surface area contributed by atoms with Crippen LogP contribution < -0.4 is 5.43 Å². The SMILES string of the molecule is O=C(NN=Cc1ccc(-c2ccccc2Cl)o1)c1cccc(Br)c1. The Morgan fingerprint density at radius 2 is 1.96 bits per heavy atom. The lowest BCUT2D eigenvalue weighted by Gasteiger charge is -2.00. The highest BCUT2D eigenvalue weighted by Crippen LogP contribution is 2.28. The molecule has 0 bridgehead atoms. The van der Waals surface area contributed by atoms with E-state index < -0.39 is 0 Å². The Morgan fingerprint density at radius 3 is 2.75 bits per heavy atom. The number of carbonyl (C=O) groups is 1. The van der Waals surface area contributed by atoms with E-state index in [1.165, 1.54) is 6.21 Å². The first-order valence-electron chi connectivity index (χ1n) is 7.07. The van der Waals surface area contributed by atoms with Gasteiger partial charge in [0.25, 0.3) is 5.91 Å². The zero-order valence-electron chi connectivity index (χ0n) is 12.4. The van der Waals surface area contributed by atoms with Crippen molar-refractivity contribution in [1.82, 2.24) is 5.43 Å². The zero-order valence-corrected chi connectivity index (χ0v) is 14.7. The molecule has 2 aromatic carbocycles. The van der Waals surface area contributed by atoms with Crippen LogP contribution in [0.15, 0.2) is 74.7 Å². The average molecular weight is 404 g/mol. The van der Waals surface area contributed by atoms with Crippen molar-refractivity contribution in [1.29, 1.82) is 0 Å². The van der Waals surface area contributed by atoms with Gasteiger partial charge < -0.3 is 4.42 Å².